The second kappa shape index (κ2) is 7.99. The first-order valence-electron chi connectivity index (χ1n) is 8.72. The minimum atomic E-state index is -3.44. The molecule has 4 nitrogen and oxygen atoms in total. The zero-order valence-electron chi connectivity index (χ0n) is 15.0. The van der Waals surface area contributed by atoms with Crippen molar-refractivity contribution in [1.29, 1.82) is 0 Å². The van der Waals surface area contributed by atoms with Crippen LogP contribution in [0.1, 0.15) is 51.5 Å². The molecule has 1 aromatic carbocycles. The number of alkyl halides is 2. The van der Waals surface area contributed by atoms with Gasteiger partial charge in [0.2, 0.25) is 15.9 Å². The highest BCUT2D eigenvalue weighted by Crippen LogP contribution is 2.37. The third-order valence-corrected chi connectivity index (χ3v) is 6.09. The van der Waals surface area contributed by atoms with Crippen LogP contribution in [-0.2, 0) is 10.0 Å². The van der Waals surface area contributed by atoms with E-state index in [2.05, 4.69) is 18.6 Å². The van der Waals surface area contributed by atoms with E-state index in [4.69, 9.17) is 4.74 Å². The standard InChI is InChI=1S/C18H27F2NO3S/c1-4-25(22,23)21-17-9-10-18(19,20)11-15(17)12-24-16-7-5-14(6-8-16)13(2)3/h5-8,13,15,17,21H,4,9-12H2,1-3H3/t15-,17+/m1/s1. The van der Waals surface area contributed by atoms with Crippen LogP contribution < -0.4 is 9.46 Å². The van der Waals surface area contributed by atoms with Crippen molar-refractivity contribution in [2.45, 2.75) is 57.9 Å². The van der Waals surface area contributed by atoms with Gasteiger partial charge in [-0.1, -0.05) is 26.0 Å². The quantitative estimate of drug-likeness (QED) is 0.786. The monoisotopic (exact) mass is 375 g/mol. The molecule has 0 radical (unpaired) electrons. The summed E-state index contributed by atoms with van der Waals surface area (Å²) in [6.07, 6.45) is -0.552. The SMILES string of the molecule is CCS(=O)(=O)N[C@H]1CCC(F)(F)C[C@@H]1COc1ccc(C(C)C)cc1. The van der Waals surface area contributed by atoms with Crippen molar-refractivity contribution in [3.8, 4) is 5.75 Å². The smallest absolute Gasteiger partial charge is 0.248 e. The Labute approximate surface area is 149 Å². The van der Waals surface area contributed by atoms with Gasteiger partial charge < -0.3 is 4.74 Å². The number of hydrogen-bond donors (Lipinski definition) is 1. The van der Waals surface area contributed by atoms with Crippen molar-refractivity contribution in [1.82, 2.24) is 4.72 Å². The molecule has 25 heavy (non-hydrogen) atoms. The summed E-state index contributed by atoms with van der Waals surface area (Å²) in [7, 11) is -3.44. The summed E-state index contributed by atoms with van der Waals surface area (Å²) < 4.78 is 59.4. The van der Waals surface area contributed by atoms with Crippen LogP contribution in [0, 0.1) is 5.92 Å². The zero-order valence-corrected chi connectivity index (χ0v) is 15.8. The number of sulfonamides is 1. The molecule has 0 spiro atoms. The molecule has 1 saturated carbocycles. The van der Waals surface area contributed by atoms with Crippen LogP contribution in [0.3, 0.4) is 0 Å². The van der Waals surface area contributed by atoms with E-state index < -0.39 is 27.9 Å². The molecule has 2 rings (SSSR count). The second-order valence-electron chi connectivity index (χ2n) is 7.02. The first-order chi connectivity index (χ1) is 11.6. The maximum Gasteiger partial charge on any atom is 0.248 e. The number of halogens is 2. The lowest BCUT2D eigenvalue weighted by Gasteiger charge is -2.36. The van der Waals surface area contributed by atoms with Crippen LogP contribution in [0.15, 0.2) is 24.3 Å². The molecule has 0 amide bonds. The van der Waals surface area contributed by atoms with E-state index in [1.165, 1.54) is 12.5 Å². The van der Waals surface area contributed by atoms with Crippen LogP contribution in [0.4, 0.5) is 8.78 Å². The average Bonchev–Trinajstić information content (AvgIpc) is 2.55. The predicted octanol–water partition coefficient (Wildman–Crippen LogP) is 3.93. The highest BCUT2D eigenvalue weighted by atomic mass is 32.2. The molecule has 0 heterocycles. The highest BCUT2D eigenvalue weighted by Gasteiger charge is 2.42. The van der Waals surface area contributed by atoms with E-state index in [9.17, 15) is 17.2 Å². The van der Waals surface area contributed by atoms with Crippen molar-refractivity contribution in [3.05, 3.63) is 29.8 Å². The van der Waals surface area contributed by atoms with E-state index in [1.807, 2.05) is 24.3 Å². The lowest BCUT2D eigenvalue weighted by Crippen LogP contribution is -2.48. The Hall–Kier alpha value is -1.21. The predicted molar refractivity (Wildman–Crippen MR) is 94.7 cm³/mol. The summed E-state index contributed by atoms with van der Waals surface area (Å²) in [5.74, 6) is -2.39. The third kappa shape index (κ3) is 5.92. The van der Waals surface area contributed by atoms with Crippen LogP contribution in [0.25, 0.3) is 0 Å². The van der Waals surface area contributed by atoms with Crippen molar-refractivity contribution >= 4 is 10.0 Å². The maximum absolute atomic E-state index is 13.8. The first-order valence-corrected chi connectivity index (χ1v) is 10.4. The molecule has 0 saturated heterocycles. The Morgan fingerprint density at radius 2 is 1.92 bits per heavy atom. The van der Waals surface area contributed by atoms with Crippen molar-refractivity contribution < 1.29 is 21.9 Å². The third-order valence-electron chi connectivity index (χ3n) is 4.67. The number of benzene rings is 1. The molecule has 1 aromatic rings. The topological polar surface area (TPSA) is 55.4 Å². The fourth-order valence-corrected chi connectivity index (χ4v) is 3.96. The number of nitrogens with one attached hydrogen (secondary N) is 1. The van der Waals surface area contributed by atoms with Gasteiger partial charge in [-0.2, -0.15) is 0 Å². The molecule has 2 atom stereocenters. The molecular formula is C18H27F2NO3S. The molecule has 0 bridgehead atoms. The Morgan fingerprint density at radius 3 is 2.48 bits per heavy atom. The van der Waals surface area contributed by atoms with E-state index in [1.54, 1.807) is 0 Å². The normalized spacial score (nSPS) is 23.6. The van der Waals surface area contributed by atoms with E-state index >= 15 is 0 Å². The molecule has 0 unspecified atom stereocenters. The van der Waals surface area contributed by atoms with Gasteiger partial charge in [0.25, 0.3) is 0 Å². The van der Waals surface area contributed by atoms with Gasteiger partial charge in [0, 0.05) is 24.8 Å². The molecule has 0 aliphatic heterocycles. The van der Waals surface area contributed by atoms with Crippen molar-refractivity contribution in [3.63, 3.8) is 0 Å². The van der Waals surface area contributed by atoms with Gasteiger partial charge in [-0.15, -0.1) is 0 Å². The van der Waals surface area contributed by atoms with E-state index in [0.717, 1.165) is 0 Å². The van der Waals surface area contributed by atoms with Crippen molar-refractivity contribution in [2.75, 3.05) is 12.4 Å². The van der Waals surface area contributed by atoms with Crippen LogP contribution >= 0.6 is 0 Å². The summed E-state index contributed by atoms with van der Waals surface area (Å²) in [5, 5.41) is 0. The van der Waals surface area contributed by atoms with Crippen LogP contribution in [0.2, 0.25) is 0 Å². The number of ether oxygens (including phenoxy) is 1. The molecule has 0 aromatic heterocycles. The minimum absolute atomic E-state index is 0.0630. The zero-order chi connectivity index (χ0) is 18.7. The Kier molecular flexibility index (Phi) is 6.43. The second-order valence-corrected chi connectivity index (χ2v) is 9.06. The van der Waals surface area contributed by atoms with Crippen LogP contribution in [0.5, 0.6) is 5.75 Å². The Bertz CT molecular complexity index is 659. The van der Waals surface area contributed by atoms with Gasteiger partial charge >= 0.3 is 0 Å². The van der Waals surface area contributed by atoms with E-state index in [-0.39, 0.29) is 31.6 Å². The lowest BCUT2D eigenvalue weighted by atomic mass is 9.83. The lowest BCUT2D eigenvalue weighted by molar-refractivity contribution is -0.0660. The summed E-state index contributed by atoms with van der Waals surface area (Å²) in [4.78, 5) is 0. The van der Waals surface area contributed by atoms with Gasteiger partial charge in [-0.3, -0.25) is 0 Å². The molecule has 7 heteroatoms. The van der Waals surface area contributed by atoms with Gasteiger partial charge in [0.05, 0.1) is 12.4 Å². The van der Waals surface area contributed by atoms with Crippen LogP contribution in [-0.4, -0.2) is 32.7 Å². The van der Waals surface area contributed by atoms with Gasteiger partial charge in [-0.05, 0) is 37.0 Å². The van der Waals surface area contributed by atoms with Gasteiger partial charge in [0.15, 0.2) is 0 Å². The van der Waals surface area contributed by atoms with Crippen molar-refractivity contribution in [2.24, 2.45) is 5.92 Å². The molecule has 1 aliphatic carbocycles. The van der Waals surface area contributed by atoms with E-state index in [0.29, 0.717) is 11.7 Å². The molecule has 1 fully saturated rings. The number of hydrogen-bond acceptors (Lipinski definition) is 3. The van der Waals surface area contributed by atoms with Gasteiger partial charge in [-0.25, -0.2) is 21.9 Å². The summed E-state index contributed by atoms with van der Waals surface area (Å²) >= 11 is 0. The number of rotatable bonds is 7. The summed E-state index contributed by atoms with van der Waals surface area (Å²) in [6, 6.07) is 7.03. The Morgan fingerprint density at radius 1 is 1.28 bits per heavy atom. The van der Waals surface area contributed by atoms with Gasteiger partial charge in [0.1, 0.15) is 5.75 Å². The Balaban J connectivity index is 2.03. The fourth-order valence-electron chi connectivity index (χ4n) is 3.03. The fraction of sp³-hybridized carbons (Fsp3) is 0.667. The molecule has 142 valence electrons. The molecular weight excluding hydrogens is 348 g/mol. The summed E-state index contributed by atoms with van der Waals surface area (Å²) in [6.45, 7) is 5.77. The molecule has 1 N–H and O–H groups in total. The maximum atomic E-state index is 13.8. The minimum Gasteiger partial charge on any atom is -0.493 e. The highest BCUT2D eigenvalue weighted by molar-refractivity contribution is 7.89. The summed E-state index contributed by atoms with van der Waals surface area (Å²) in [5.41, 5.74) is 1.17. The molecule has 1 aliphatic rings. The first kappa shape index (κ1) is 20.1. The largest absolute Gasteiger partial charge is 0.493 e. The average molecular weight is 375 g/mol.